The van der Waals surface area contributed by atoms with Gasteiger partial charge in [0.25, 0.3) is 0 Å². The predicted molar refractivity (Wildman–Crippen MR) is 62.4 cm³/mol. The minimum absolute atomic E-state index is 0.0841. The van der Waals surface area contributed by atoms with Gasteiger partial charge >= 0.3 is 0 Å². The van der Waals surface area contributed by atoms with Crippen molar-refractivity contribution < 1.29 is 4.21 Å². The first kappa shape index (κ1) is 11.4. The molecule has 13 heavy (non-hydrogen) atoms. The van der Waals surface area contributed by atoms with Crippen LogP contribution in [0.2, 0.25) is 0 Å². The molecule has 0 fully saturated rings. The third-order valence-corrected chi connectivity index (χ3v) is 5.19. The molecule has 0 bridgehead atoms. The van der Waals surface area contributed by atoms with Crippen LogP contribution in [0.15, 0.2) is 15.9 Å². The molecule has 5 heteroatoms. The zero-order valence-corrected chi connectivity index (χ0v) is 10.5. The maximum Gasteiger partial charge on any atom is 0.0701 e. The second kappa shape index (κ2) is 5.24. The summed E-state index contributed by atoms with van der Waals surface area (Å²) in [4.78, 5) is 1.14. The van der Waals surface area contributed by atoms with E-state index in [2.05, 4.69) is 15.9 Å². The normalized spacial score (nSPS) is 15.6. The number of nitrogens with two attached hydrogens (primary N) is 1. The van der Waals surface area contributed by atoms with Gasteiger partial charge in [0.2, 0.25) is 0 Å². The summed E-state index contributed by atoms with van der Waals surface area (Å²) in [5.41, 5.74) is 5.43. The summed E-state index contributed by atoms with van der Waals surface area (Å²) in [6, 6.07) is 3.97. The van der Waals surface area contributed by atoms with E-state index < -0.39 is 10.8 Å². The van der Waals surface area contributed by atoms with E-state index in [-0.39, 0.29) is 5.25 Å². The van der Waals surface area contributed by atoms with Crippen LogP contribution in [0.5, 0.6) is 0 Å². The zero-order valence-electron chi connectivity index (χ0n) is 7.33. The van der Waals surface area contributed by atoms with E-state index in [9.17, 15) is 4.21 Å². The molecule has 0 aromatic carbocycles. The monoisotopic (exact) mass is 281 g/mol. The third kappa shape index (κ3) is 3.50. The maximum absolute atomic E-state index is 11.6. The minimum atomic E-state index is -0.838. The molecule has 2 N–H and O–H groups in total. The molecule has 0 spiro atoms. The van der Waals surface area contributed by atoms with Crippen molar-refractivity contribution in [3.63, 3.8) is 0 Å². The van der Waals surface area contributed by atoms with Crippen molar-refractivity contribution in [3.05, 3.63) is 20.8 Å². The van der Waals surface area contributed by atoms with Crippen molar-refractivity contribution in [2.24, 2.45) is 5.73 Å². The van der Waals surface area contributed by atoms with Gasteiger partial charge in [0.1, 0.15) is 0 Å². The van der Waals surface area contributed by atoms with Crippen molar-refractivity contribution in [2.75, 3.05) is 6.54 Å². The summed E-state index contributed by atoms with van der Waals surface area (Å²) in [6.07, 6.45) is 0. The van der Waals surface area contributed by atoms with Crippen LogP contribution in [0, 0.1) is 0 Å². The van der Waals surface area contributed by atoms with Gasteiger partial charge in [-0.3, -0.25) is 4.21 Å². The Balaban J connectivity index is 2.54. The Kier molecular flexibility index (Phi) is 4.58. The van der Waals surface area contributed by atoms with Crippen molar-refractivity contribution >= 4 is 38.1 Å². The smallest absolute Gasteiger partial charge is 0.0701 e. The molecule has 0 saturated carbocycles. The van der Waals surface area contributed by atoms with E-state index in [0.717, 1.165) is 8.66 Å². The molecular weight excluding hydrogens is 270 g/mol. The Morgan fingerprint density at radius 1 is 1.69 bits per heavy atom. The van der Waals surface area contributed by atoms with Crippen LogP contribution in [-0.2, 0) is 16.6 Å². The van der Waals surface area contributed by atoms with Crippen LogP contribution in [0.4, 0.5) is 0 Å². The van der Waals surface area contributed by atoms with Gasteiger partial charge < -0.3 is 5.73 Å². The van der Waals surface area contributed by atoms with Crippen molar-refractivity contribution in [1.82, 2.24) is 0 Å². The van der Waals surface area contributed by atoms with Crippen molar-refractivity contribution in [2.45, 2.75) is 17.9 Å². The Labute approximate surface area is 93.1 Å². The molecule has 0 amide bonds. The summed E-state index contributed by atoms with van der Waals surface area (Å²) in [5.74, 6) is 0.620. The Morgan fingerprint density at radius 3 is 2.85 bits per heavy atom. The summed E-state index contributed by atoms with van der Waals surface area (Å²) in [5, 5.41) is 0.0841. The van der Waals surface area contributed by atoms with Gasteiger partial charge in [0.15, 0.2) is 0 Å². The molecule has 0 aliphatic heterocycles. The fourth-order valence-corrected chi connectivity index (χ4v) is 3.56. The van der Waals surface area contributed by atoms with E-state index in [1.807, 2.05) is 19.1 Å². The predicted octanol–water partition coefficient (Wildman–Crippen LogP) is 2.11. The first-order valence-electron chi connectivity index (χ1n) is 3.95. The molecule has 1 aromatic heterocycles. The molecule has 2 atom stereocenters. The first-order chi connectivity index (χ1) is 6.13. The summed E-state index contributed by atoms with van der Waals surface area (Å²) >= 11 is 5.00. The Bertz CT molecular complexity index is 300. The fourth-order valence-electron chi connectivity index (χ4n) is 0.819. The fraction of sp³-hybridized carbons (Fsp3) is 0.500. The van der Waals surface area contributed by atoms with Crippen molar-refractivity contribution in [3.8, 4) is 0 Å². The molecule has 2 nitrogen and oxygen atoms in total. The standard InChI is InChI=1S/C8H12BrNOS2/c1-6(4-10)13(11)5-7-2-3-8(9)12-7/h2-3,6H,4-5,10H2,1H3. The third-order valence-electron chi connectivity index (χ3n) is 1.69. The van der Waals surface area contributed by atoms with Crippen LogP contribution in [0.25, 0.3) is 0 Å². The van der Waals surface area contributed by atoms with E-state index in [0.29, 0.717) is 12.3 Å². The molecule has 0 radical (unpaired) electrons. The van der Waals surface area contributed by atoms with Crippen LogP contribution < -0.4 is 5.73 Å². The van der Waals surface area contributed by atoms with Gasteiger partial charge in [0, 0.05) is 27.5 Å². The number of halogens is 1. The summed E-state index contributed by atoms with van der Waals surface area (Å²) in [7, 11) is -0.838. The quantitative estimate of drug-likeness (QED) is 0.919. The van der Waals surface area contributed by atoms with Crippen LogP contribution in [-0.4, -0.2) is 16.0 Å². The van der Waals surface area contributed by atoms with E-state index in [4.69, 9.17) is 5.73 Å². The highest BCUT2D eigenvalue weighted by Gasteiger charge is 2.10. The molecule has 74 valence electrons. The van der Waals surface area contributed by atoms with E-state index in [1.165, 1.54) is 0 Å². The lowest BCUT2D eigenvalue weighted by molar-refractivity contribution is 0.673. The molecule has 0 saturated heterocycles. The summed E-state index contributed by atoms with van der Waals surface area (Å²) < 4.78 is 12.7. The van der Waals surface area contributed by atoms with Crippen LogP contribution >= 0.6 is 27.3 Å². The lowest BCUT2D eigenvalue weighted by Gasteiger charge is -2.06. The number of hydrogen-bond acceptors (Lipinski definition) is 3. The number of thiophene rings is 1. The Hall–Kier alpha value is 0.290. The summed E-state index contributed by atoms with van der Waals surface area (Å²) in [6.45, 7) is 2.40. The van der Waals surface area contributed by atoms with Gasteiger partial charge in [-0.1, -0.05) is 0 Å². The van der Waals surface area contributed by atoms with Gasteiger partial charge in [-0.25, -0.2) is 0 Å². The van der Waals surface area contributed by atoms with E-state index >= 15 is 0 Å². The second-order valence-electron chi connectivity index (χ2n) is 2.78. The lowest BCUT2D eigenvalue weighted by Crippen LogP contribution is -2.22. The highest BCUT2D eigenvalue weighted by Crippen LogP contribution is 2.23. The van der Waals surface area contributed by atoms with Crippen molar-refractivity contribution in [1.29, 1.82) is 0 Å². The molecule has 1 rings (SSSR count). The highest BCUT2D eigenvalue weighted by atomic mass is 79.9. The average Bonchev–Trinajstić information content (AvgIpc) is 2.49. The zero-order chi connectivity index (χ0) is 9.84. The second-order valence-corrected chi connectivity index (χ2v) is 7.18. The number of rotatable bonds is 4. The maximum atomic E-state index is 11.6. The largest absolute Gasteiger partial charge is 0.329 e. The molecule has 1 aromatic rings. The molecule has 2 unspecified atom stereocenters. The Morgan fingerprint density at radius 2 is 2.38 bits per heavy atom. The van der Waals surface area contributed by atoms with Gasteiger partial charge in [-0.15, -0.1) is 11.3 Å². The molecule has 1 heterocycles. The SMILES string of the molecule is CC(CN)S(=O)Cc1ccc(Br)s1. The highest BCUT2D eigenvalue weighted by molar-refractivity contribution is 9.11. The minimum Gasteiger partial charge on any atom is -0.329 e. The molecular formula is C8H12BrNOS2. The van der Waals surface area contributed by atoms with Crippen LogP contribution in [0.3, 0.4) is 0 Å². The van der Waals surface area contributed by atoms with E-state index in [1.54, 1.807) is 11.3 Å². The molecule has 0 aliphatic carbocycles. The topological polar surface area (TPSA) is 43.1 Å². The first-order valence-corrected chi connectivity index (χ1v) is 6.94. The van der Waals surface area contributed by atoms with Gasteiger partial charge in [-0.2, -0.15) is 0 Å². The number of hydrogen-bond donors (Lipinski definition) is 1. The van der Waals surface area contributed by atoms with Gasteiger partial charge in [-0.05, 0) is 35.0 Å². The van der Waals surface area contributed by atoms with Crippen LogP contribution in [0.1, 0.15) is 11.8 Å². The average molecular weight is 282 g/mol. The molecule has 0 aliphatic rings. The lowest BCUT2D eigenvalue weighted by atomic mass is 10.5. The van der Waals surface area contributed by atoms with Gasteiger partial charge in [0.05, 0.1) is 9.54 Å².